The molecule has 112 valence electrons. The molecule has 21 heavy (non-hydrogen) atoms. The third-order valence-corrected chi connectivity index (χ3v) is 3.22. The SMILES string of the molecule is CN1C(=O)CC(NC(=O)CCOc2ccccc2N)C1=O. The number of rotatable bonds is 5. The summed E-state index contributed by atoms with van der Waals surface area (Å²) in [6.45, 7) is 0.144. The fourth-order valence-corrected chi connectivity index (χ4v) is 2.00. The minimum atomic E-state index is -0.767. The Morgan fingerprint density at radius 1 is 1.43 bits per heavy atom. The number of benzene rings is 1. The van der Waals surface area contributed by atoms with E-state index in [1.807, 2.05) is 0 Å². The summed E-state index contributed by atoms with van der Waals surface area (Å²) >= 11 is 0. The van der Waals surface area contributed by atoms with Crippen LogP contribution in [0.5, 0.6) is 5.75 Å². The zero-order valence-corrected chi connectivity index (χ0v) is 11.7. The second-order valence-electron chi connectivity index (χ2n) is 4.75. The number of anilines is 1. The highest BCUT2D eigenvalue weighted by molar-refractivity contribution is 6.06. The van der Waals surface area contributed by atoms with Gasteiger partial charge in [-0.05, 0) is 12.1 Å². The van der Waals surface area contributed by atoms with E-state index in [4.69, 9.17) is 10.5 Å². The predicted molar refractivity (Wildman–Crippen MR) is 75.3 cm³/mol. The number of amides is 3. The first-order valence-electron chi connectivity index (χ1n) is 6.56. The van der Waals surface area contributed by atoms with Crippen LogP contribution in [-0.4, -0.2) is 42.3 Å². The molecule has 0 spiro atoms. The molecule has 1 fully saturated rings. The van der Waals surface area contributed by atoms with E-state index in [1.54, 1.807) is 24.3 Å². The Morgan fingerprint density at radius 3 is 2.76 bits per heavy atom. The van der Waals surface area contributed by atoms with E-state index in [2.05, 4.69) is 5.32 Å². The summed E-state index contributed by atoms with van der Waals surface area (Å²) in [7, 11) is 1.40. The molecule has 0 saturated carbocycles. The minimum absolute atomic E-state index is 0.00750. The first-order valence-corrected chi connectivity index (χ1v) is 6.56. The third-order valence-electron chi connectivity index (χ3n) is 3.22. The molecule has 7 nitrogen and oxygen atoms in total. The van der Waals surface area contributed by atoms with Gasteiger partial charge in [-0.15, -0.1) is 0 Å². The number of ether oxygens (including phenoxy) is 1. The van der Waals surface area contributed by atoms with E-state index in [-0.39, 0.29) is 37.2 Å². The van der Waals surface area contributed by atoms with E-state index in [0.29, 0.717) is 11.4 Å². The van der Waals surface area contributed by atoms with Gasteiger partial charge < -0.3 is 15.8 Å². The topological polar surface area (TPSA) is 102 Å². The molecule has 1 aliphatic heterocycles. The van der Waals surface area contributed by atoms with E-state index >= 15 is 0 Å². The number of likely N-dealkylation sites (N-methyl/N-ethyl adjacent to an activating group) is 1. The van der Waals surface area contributed by atoms with Crippen molar-refractivity contribution in [2.75, 3.05) is 19.4 Å². The Bertz CT molecular complexity index is 573. The number of nitrogens with two attached hydrogens (primary N) is 1. The second-order valence-corrected chi connectivity index (χ2v) is 4.75. The first kappa shape index (κ1) is 14.8. The number of imide groups is 1. The molecule has 0 radical (unpaired) electrons. The summed E-state index contributed by atoms with van der Waals surface area (Å²) < 4.78 is 5.39. The van der Waals surface area contributed by atoms with Crippen molar-refractivity contribution >= 4 is 23.4 Å². The average Bonchev–Trinajstić information content (AvgIpc) is 2.68. The quantitative estimate of drug-likeness (QED) is 0.583. The lowest BCUT2D eigenvalue weighted by Gasteiger charge is -2.12. The van der Waals surface area contributed by atoms with Crippen molar-refractivity contribution in [3.63, 3.8) is 0 Å². The molecule has 0 aromatic heterocycles. The molecular formula is C14H17N3O4. The molecular weight excluding hydrogens is 274 g/mol. The highest BCUT2D eigenvalue weighted by Crippen LogP contribution is 2.19. The zero-order chi connectivity index (χ0) is 15.4. The van der Waals surface area contributed by atoms with Gasteiger partial charge in [-0.25, -0.2) is 0 Å². The van der Waals surface area contributed by atoms with Crippen LogP contribution < -0.4 is 15.8 Å². The number of nitrogens with one attached hydrogen (secondary N) is 1. The van der Waals surface area contributed by atoms with Crippen LogP contribution >= 0.6 is 0 Å². The van der Waals surface area contributed by atoms with Gasteiger partial charge in [-0.1, -0.05) is 12.1 Å². The molecule has 1 aromatic carbocycles. The standard InChI is InChI=1S/C14H17N3O4/c1-17-13(19)8-10(14(17)20)16-12(18)6-7-21-11-5-3-2-4-9(11)15/h2-5,10H,6-8,15H2,1H3,(H,16,18). The van der Waals surface area contributed by atoms with Crippen LogP contribution in [0.1, 0.15) is 12.8 Å². The van der Waals surface area contributed by atoms with Gasteiger partial charge in [0.2, 0.25) is 11.8 Å². The number of hydrogen-bond donors (Lipinski definition) is 2. The van der Waals surface area contributed by atoms with Gasteiger partial charge in [0.05, 0.1) is 25.1 Å². The molecule has 1 aliphatic rings. The Kier molecular flexibility index (Phi) is 4.42. The first-order chi connectivity index (χ1) is 9.99. The van der Waals surface area contributed by atoms with E-state index in [9.17, 15) is 14.4 Å². The van der Waals surface area contributed by atoms with Crippen molar-refractivity contribution in [3.8, 4) is 5.75 Å². The van der Waals surface area contributed by atoms with Gasteiger partial charge >= 0.3 is 0 Å². The summed E-state index contributed by atoms with van der Waals surface area (Å²) in [6.07, 6.45) is 0.0869. The fourth-order valence-electron chi connectivity index (χ4n) is 2.00. The highest BCUT2D eigenvalue weighted by Gasteiger charge is 2.36. The largest absolute Gasteiger partial charge is 0.491 e. The molecule has 0 bridgehead atoms. The van der Waals surface area contributed by atoms with E-state index in [0.717, 1.165) is 4.90 Å². The predicted octanol–water partition coefficient (Wildman–Crippen LogP) is -0.0888. The summed E-state index contributed by atoms with van der Waals surface area (Å²) in [5.74, 6) is -0.511. The van der Waals surface area contributed by atoms with E-state index < -0.39 is 6.04 Å². The second kappa shape index (κ2) is 6.25. The molecule has 2 rings (SSSR count). The van der Waals surface area contributed by atoms with Crippen LogP contribution in [0.25, 0.3) is 0 Å². The highest BCUT2D eigenvalue weighted by atomic mass is 16.5. The number of likely N-dealkylation sites (tertiary alicyclic amines) is 1. The fraction of sp³-hybridized carbons (Fsp3) is 0.357. The van der Waals surface area contributed by atoms with Gasteiger partial charge in [0.25, 0.3) is 5.91 Å². The van der Waals surface area contributed by atoms with Crippen LogP contribution in [0.15, 0.2) is 24.3 Å². The molecule has 1 atom stereocenters. The van der Waals surface area contributed by atoms with Crippen molar-refractivity contribution in [1.82, 2.24) is 10.2 Å². The number of nitrogens with zero attached hydrogens (tertiary/aromatic N) is 1. The third kappa shape index (κ3) is 3.50. The lowest BCUT2D eigenvalue weighted by molar-refractivity contribution is -0.138. The maximum absolute atomic E-state index is 11.7. The lowest BCUT2D eigenvalue weighted by Crippen LogP contribution is -2.41. The summed E-state index contributed by atoms with van der Waals surface area (Å²) in [4.78, 5) is 35.7. The molecule has 1 heterocycles. The average molecular weight is 291 g/mol. The molecule has 1 saturated heterocycles. The Labute approximate surface area is 122 Å². The van der Waals surface area contributed by atoms with Gasteiger partial charge in [0, 0.05) is 7.05 Å². The van der Waals surface area contributed by atoms with Crippen molar-refractivity contribution < 1.29 is 19.1 Å². The van der Waals surface area contributed by atoms with Crippen LogP contribution in [0.3, 0.4) is 0 Å². The van der Waals surface area contributed by atoms with Crippen LogP contribution in [0.2, 0.25) is 0 Å². The van der Waals surface area contributed by atoms with Gasteiger partial charge in [0.15, 0.2) is 0 Å². The Hall–Kier alpha value is -2.57. The molecule has 7 heteroatoms. The number of hydrogen-bond acceptors (Lipinski definition) is 5. The normalized spacial score (nSPS) is 18.0. The monoisotopic (exact) mass is 291 g/mol. The van der Waals surface area contributed by atoms with Crippen molar-refractivity contribution in [3.05, 3.63) is 24.3 Å². The van der Waals surface area contributed by atoms with E-state index in [1.165, 1.54) is 7.05 Å². The number of carbonyl (C=O) groups excluding carboxylic acids is 3. The van der Waals surface area contributed by atoms with Crippen LogP contribution in [0.4, 0.5) is 5.69 Å². The Balaban J connectivity index is 1.77. The van der Waals surface area contributed by atoms with Crippen molar-refractivity contribution in [2.24, 2.45) is 0 Å². The van der Waals surface area contributed by atoms with Gasteiger partial charge in [-0.3, -0.25) is 19.3 Å². The molecule has 3 amide bonds. The maximum Gasteiger partial charge on any atom is 0.252 e. The zero-order valence-electron chi connectivity index (χ0n) is 11.7. The van der Waals surface area contributed by atoms with Crippen LogP contribution in [-0.2, 0) is 14.4 Å². The molecule has 3 N–H and O–H groups in total. The number of para-hydroxylation sites is 2. The smallest absolute Gasteiger partial charge is 0.252 e. The molecule has 0 aliphatic carbocycles. The summed E-state index contributed by atoms with van der Waals surface area (Å²) in [5.41, 5.74) is 6.20. The lowest BCUT2D eigenvalue weighted by atomic mass is 10.2. The minimum Gasteiger partial charge on any atom is -0.491 e. The van der Waals surface area contributed by atoms with Crippen molar-refractivity contribution in [2.45, 2.75) is 18.9 Å². The van der Waals surface area contributed by atoms with Crippen molar-refractivity contribution in [1.29, 1.82) is 0 Å². The maximum atomic E-state index is 11.7. The summed E-state index contributed by atoms with van der Waals surface area (Å²) in [5, 5.41) is 2.53. The number of nitrogen functional groups attached to an aromatic ring is 1. The van der Waals surface area contributed by atoms with Gasteiger partial charge in [0.1, 0.15) is 11.8 Å². The summed E-state index contributed by atoms with van der Waals surface area (Å²) in [6, 6.07) is 6.21. The number of carbonyl (C=O) groups is 3. The van der Waals surface area contributed by atoms with Crippen LogP contribution in [0, 0.1) is 0 Å². The Morgan fingerprint density at radius 2 is 2.14 bits per heavy atom. The molecule has 1 unspecified atom stereocenters. The van der Waals surface area contributed by atoms with Gasteiger partial charge in [-0.2, -0.15) is 0 Å². The molecule has 1 aromatic rings.